The fourth-order valence-corrected chi connectivity index (χ4v) is 2.75. The molecule has 2 heterocycles. The average molecular weight is 392 g/mol. The minimum atomic E-state index is -4.51. The van der Waals surface area contributed by atoms with Crippen molar-refractivity contribution in [1.82, 2.24) is 14.9 Å². The Hall–Kier alpha value is -3.43. The maximum Gasteiger partial charge on any atom is 0.416 e. The first-order valence-corrected chi connectivity index (χ1v) is 8.11. The Morgan fingerprint density at radius 1 is 1.14 bits per heavy atom. The van der Waals surface area contributed by atoms with E-state index in [-0.39, 0.29) is 28.5 Å². The summed E-state index contributed by atoms with van der Waals surface area (Å²) >= 11 is 0. The zero-order valence-corrected chi connectivity index (χ0v) is 15.1. The van der Waals surface area contributed by atoms with Gasteiger partial charge < -0.3 is 9.84 Å². The van der Waals surface area contributed by atoms with E-state index in [9.17, 15) is 22.8 Å². The van der Waals surface area contributed by atoms with E-state index in [0.717, 1.165) is 12.1 Å². The molecule has 1 amide bonds. The van der Waals surface area contributed by atoms with Gasteiger partial charge in [0.05, 0.1) is 28.2 Å². The van der Waals surface area contributed by atoms with E-state index in [1.165, 1.54) is 36.7 Å². The zero-order chi connectivity index (χ0) is 20.6. The van der Waals surface area contributed by atoms with Crippen LogP contribution in [-0.4, -0.2) is 26.6 Å². The van der Waals surface area contributed by atoms with Crippen molar-refractivity contribution in [2.24, 2.45) is 0 Å². The fraction of sp³-hybridized carbons (Fsp3) is 0.222. The molecule has 0 aliphatic carbocycles. The van der Waals surface area contributed by atoms with E-state index in [0.29, 0.717) is 5.76 Å². The standard InChI is InChI=1S/C18H15F3N4O3/c1-9-7-14(24-28-9)22-17(27)16(26)15-10(2)23-25(11(15)3)13-6-4-5-12(8-13)18(19,20)21/h4-8H,1-3H3,(H,22,24,27). The van der Waals surface area contributed by atoms with Crippen LogP contribution in [0.4, 0.5) is 19.0 Å². The first kappa shape index (κ1) is 19.3. The van der Waals surface area contributed by atoms with Gasteiger partial charge in [0.15, 0.2) is 5.82 Å². The van der Waals surface area contributed by atoms with Crippen LogP contribution in [0.25, 0.3) is 5.69 Å². The first-order valence-electron chi connectivity index (χ1n) is 8.11. The molecule has 0 unspecified atom stereocenters. The van der Waals surface area contributed by atoms with Crippen LogP contribution in [0.5, 0.6) is 0 Å². The van der Waals surface area contributed by atoms with Crippen LogP contribution >= 0.6 is 0 Å². The van der Waals surface area contributed by atoms with Crippen LogP contribution in [0, 0.1) is 20.8 Å². The summed E-state index contributed by atoms with van der Waals surface area (Å²) in [7, 11) is 0. The summed E-state index contributed by atoms with van der Waals surface area (Å²) in [6.07, 6.45) is -4.51. The smallest absolute Gasteiger partial charge is 0.360 e. The van der Waals surface area contributed by atoms with Crippen LogP contribution in [0.2, 0.25) is 0 Å². The third-order valence-corrected chi connectivity index (χ3v) is 4.01. The quantitative estimate of drug-likeness (QED) is 0.541. The first-order chi connectivity index (χ1) is 13.1. The molecule has 1 aromatic carbocycles. The topological polar surface area (TPSA) is 90.0 Å². The summed E-state index contributed by atoms with van der Waals surface area (Å²) in [4.78, 5) is 24.8. The number of amides is 1. The second-order valence-electron chi connectivity index (χ2n) is 6.11. The van der Waals surface area contributed by atoms with Gasteiger partial charge in [-0.15, -0.1) is 0 Å². The maximum absolute atomic E-state index is 13.0. The highest BCUT2D eigenvalue weighted by molar-refractivity contribution is 6.47. The molecule has 3 aromatic rings. The average Bonchev–Trinajstić information content (AvgIpc) is 3.16. The van der Waals surface area contributed by atoms with Crippen molar-refractivity contribution in [2.75, 3.05) is 5.32 Å². The summed E-state index contributed by atoms with van der Waals surface area (Å²) in [6.45, 7) is 4.62. The predicted molar refractivity (Wildman–Crippen MR) is 92.2 cm³/mol. The predicted octanol–water partition coefficient (Wildman–Crippen LogP) is 3.63. The van der Waals surface area contributed by atoms with Crippen molar-refractivity contribution in [3.05, 3.63) is 58.6 Å². The van der Waals surface area contributed by atoms with Gasteiger partial charge >= 0.3 is 6.18 Å². The lowest BCUT2D eigenvalue weighted by molar-refractivity contribution is -0.137. The Morgan fingerprint density at radius 2 is 1.86 bits per heavy atom. The number of rotatable bonds is 4. The normalized spacial score (nSPS) is 11.5. The Labute approximate surface area is 157 Å². The van der Waals surface area contributed by atoms with Crippen LogP contribution in [0.15, 0.2) is 34.9 Å². The number of anilines is 1. The molecular weight excluding hydrogens is 377 g/mol. The number of aryl methyl sites for hydroxylation is 2. The number of nitrogens with zero attached hydrogens (tertiary/aromatic N) is 3. The second kappa shape index (κ2) is 6.95. The third-order valence-electron chi connectivity index (χ3n) is 4.01. The summed E-state index contributed by atoms with van der Waals surface area (Å²) in [6, 6.07) is 5.98. The minimum absolute atomic E-state index is 0.00938. The number of halogens is 3. The molecule has 1 N–H and O–H groups in total. The molecule has 7 nitrogen and oxygen atoms in total. The zero-order valence-electron chi connectivity index (χ0n) is 15.1. The lowest BCUT2D eigenvalue weighted by Crippen LogP contribution is -2.24. The van der Waals surface area contributed by atoms with Crippen LogP contribution in [0.3, 0.4) is 0 Å². The minimum Gasteiger partial charge on any atom is -0.360 e. The highest BCUT2D eigenvalue weighted by atomic mass is 19.4. The molecule has 28 heavy (non-hydrogen) atoms. The van der Waals surface area contributed by atoms with E-state index in [4.69, 9.17) is 4.52 Å². The van der Waals surface area contributed by atoms with Crippen molar-refractivity contribution in [3.63, 3.8) is 0 Å². The monoisotopic (exact) mass is 392 g/mol. The van der Waals surface area contributed by atoms with Gasteiger partial charge in [0.1, 0.15) is 5.76 Å². The molecule has 146 valence electrons. The molecule has 0 atom stereocenters. The van der Waals surface area contributed by atoms with Gasteiger partial charge in [-0.05, 0) is 39.0 Å². The summed E-state index contributed by atoms with van der Waals surface area (Å²) < 4.78 is 44.9. The van der Waals surface area contributed by atoms with E-state index in [2.05, 4.69) is 15.6 Å². The van der Waals surface area contributed by atoms with Crippen LogP contribution in [0.1, 0.15) is 33.1 Å². The lowest BCUT2D eigenvalue weighted by atomic mass is 10.1. The van der Waals surface area contributed by atoms with Crippen molar-refractivity contribution < 1.29 is 27.3 Å². The molecule has 0 radical (unpaired) electrons. The highest BCUT2D eigenvalue weighted by Crippen LogP contribution is 2.31. The van der Waals surface area contributed by atoms with Crippen LogP contribution < -0.4 is 5.32 Å². The van der Waals surface area contributed by atoms with E-state index in [1.54, 1.807) is 6.92 Å². The third kappa shape index (κ3) is 3.66. The molecule has 10 heteroatoms. The molecule has 3 rings (SSSR count). The Morgan fingerprint density at radius 3 is 2.46 bits per heavy atom. The molecule has 0 aliphatic heterocycles. The molecular formula is C18H15F3N4O3. The summed E-state index contributed by atoms with van der Waals surface area (Å²) in [5.74, 6) is -1.30. The van der Waals surface area contributed by atoms with Gasteiger partial charge in [-0.1, -0.05) is 11.2 Å². The van der Waals surface area contributed by atoms with Gasteiger partial charge in [0.25, 0.3) is 11.7 Å². The van der Waals surface area contributed by atoms with E-state index in [1.807, 2.05) is 0 Å². The Kier molecular flexibility index (Phi) is 4.80. The molecule has 0 fully saturated rings. The van der Waals surface area contributed by atoms with Crippen molar-refractivity contribution >= 4 is 17.5 Å². The molecule has 0 bridgehead atoms. The number of hydrogen-bond acceptors (Lipinski definition) is 5. The Bertz CT molecular complexity index is 1070. The number of carbonyl (C=O) groups excluding carboxylic acids is 2. The number of Topliss-reactive ketones (excluding diaryl/α,β-unsaturated/α-hetero) is 1. The van der Waals surface area contributed by atoms with Crippen molar-refractivity contribution in [3.8, 4) is 5.69 Å². The number of nitrogens with one attached hydrogen (secondary N) is 1. The van der Waals surface area contributed by atoms with Crippen molar-refractivity contribution in [1.29, 1.82) is 0 Å². The van der Waals surface area contributed by atoms with Gasteiger partial charge in [-0.2, -0.15) is 18.3 Å². The Balaban J connectivity index is 1.94. The van der Waals surface area contributed by atoms with Gasteiger partial charge in [0, 0.05) is 6.07 Å². The number of alkyl halides is 3. The van der Waals surface area contributed by atoms with E-state index >= 15 is 0 Å². The summed E-state index contributed by atoms with van der Waals surface area (Å²) in [5.41, 5.74) is -0.249. The molecule has 0 saturated heterocycles. The largest absolute Gasteiger partial charge is 0.416 e. The molecule has 2 aromatic heterocycles. The molecule has 0 saturated carbocycles. The lowest BCUT2D eigenvalue weighted by Gasteiger charge is -2.10. The number of benzene rings is 1. The van der Waals surface area contributed by atoms with Crippen molar-refractivity contribution in [2.45, 2.75) is 26.9 Å². The SMILES string of the molecule is Cc1cc(NC(=O)C(=O)c2c(C)nn(-c3cccc(C(F)(F)F)c3)c2C)no1. The van der Waals surface area contributed by atoms with Crippen LogP contribution in [-0.2, 0) is 11.0 Å². The van der Waals surface area contributed by atoms with Gasteiger partial charge in [-0.25, -0.2) is 4.68 Å². The number of ketones is 1. The fourth-order valence-electron chi connectivity index (χ4n) is 2.75. The number of hydrogen-bond donors (Lipinski definition) is 1. The maximum atomic E-state index is 13.0. The number of aromatic nitrogens is 3. The summed E-state index contributed by atoms with van der Waals surface area (Å²) in [5, 5.41) is 10.0. The van der Waals surface area contributed by atoms with E-state index < -0.39 is 23.4 Å². The highest BCUT2D eigenvalue weighted by Gasteiger charge is 2.31. The number of carbonyl (C=O) groups is 2. The van der Waals surface area contributed by atoms with Gasteiger partial charge in [0.2, 0.25) is 0 Å². The second-order valence-corrected chi connectivity index (χ2v) is 6.11. The van der Waals surface area contributed by atoms with Gasteiger partial charge in [-0.3, -0.25) is 9.59 Å². The molecule has 0 aliphatic rings. The molecule has 0 spiro atoms.